The Balaban J connectivity index is 1.50. The Morgan fingerprint density at radius 2 is 1.94 bits per heavy atom. The summed E-state index contributed by atoms with van der Waals surface area (Å²) in [5.74, 6) is 1.18. The van der Waals surface area contributed by atoms with Gasteiger partial charge in [0.15, 0.2) is 11.5 Å². The van der Waals surface area contributed by atoms with Crippen molar-refractivity contribution in [2.75, 3.05) is 12.4 Å². The Kier molecular flexibility index (Phi) is 7.12. The summed E-state index contributed by atoms with van der Waals surface area (Å²) in [4.78, 5) is 17.0. The molecule has 0 atom stereocenters. The molecule has 9 heteroatoms. The van der Waals surface area contributed by atoms with Gasteiger partial charge in [-0.15, -0.1) is 0 Å². The second kappa shape index (κ2) is 10.4. The van der Waals surface area contributed by atoms with Crippen molar-refractivity contribution in [2.24, 2.45) is 0 Å². The number of anilines is 1. The van der Waals surface area contributed by atoms with Gasteiger partial charge in [-0.25, -0.2) is 4.68 Å². The first-order valence-electron chi connectivity index (χ1n) is 10.0. The lowest BCUT2D eigenvalue weighted by Gasteiger charge is -2.13. The molecule has 168 valence electrons. The number of hydrogen-bond acceptors (Lipinski definition) is 5. The van der Waals surface area contributed by atoms with E-state index in [4.69, 9.17) is 32.7 Å². The Labute approximate surface area is 200 Å². The molecule has 33 heavy (non-hydrogen) atoms. The van der Waals surface area contributed by atoms with E-state index >= 15 is 0 Å². The number of pyridine rings is 1. The van der Waals surface area contributed by atoms with Gasteiger partial charge in [0.1, 0.15) is 12.4 Å². The molecule has 2 aromatic carbocycles. The van der Waals surface area contributed by atoms with Crippen LogP contribution in [0.3, 0.4) is 0 Å². The van der Waals surface area contributed by atoms with Gasteiger partial charge in [0.05, 0.1) is 29.9 Å². The van der Waals surface area contributed by atoms with E-state index in [1.165, 1.54) is 0 Å². The molecule has 4 rings (SSSR count). The van der Waals surface area contributed by atoms with Crippen LogP contribution in [-0.2, 0) is 13.2 Å². The molecular weight excluding hydrogens is 463 g/mol. The molecule has 0 spiro atoms. The molecular formula is C24H20Cl2N4O3. The van der Waals surface area contributed by atoms with Crippen molar-refractivity contribution in [2.45, 2.75) is 13.2 Å². The third kappa shape index (κ3) is 5.45. The van der Waals surface area contributed by atoms with Crippen molar-refractivity contribution in [1.29, 1.82) is 0 Å². The van der Waals surface area contributed by atoms with Crippen molar-refractivity contribution in [3.63, 3.8) is 0 Å². The van der Waals surface area contributed by atoms with Crippen LogP contribution in [-0.4, -0.2) is 27.8 Å². The van der Waals surface area contributed by atoms with Crippen molar-refractivity contribution >= 4 is 34.9 Å². The average molecular weight is 483 g/mol. The molecule has 0 saturated heterocycles. The Morgan fingerprint density at radius 3 is 2.73 bits per heavy atom. The standard InChI is InChI=1S/C24H20Cl2N4O3/c1-32-20-8-7-17(12-21(20)33-15-16-4-3-10-27-13-16)24(31)29-22-9-11-28-30(22)14-18-5-2-6-19(25)23(18)26/h2-13H,14-15H2,1H3,(H,29,31). The number of benzene rings is 2. The fraction of sp³-hybridized carbons (Fsp3) is 0.125. The Morgan fingerprint density at radius 1 is 1.06 bits per heavy atom. The number of nitrogens with zero attached hydrogens (tertiary/aromatic N) is 3. The summed E-state index contributed by atoms with van der Waals surface area (Å²) in [5.41, 5.74) is 2.10. The minimum Gasteiger partial charge on any atom is -0.493 e. The number of amides is 1. The molecule has 1 N–H and O–H groups in total. The highest BCUT2D eigenvalue weighted by Gasteiger charge is 2.15. The molecule has 1 amide bonds. The molecule has 0 radical (unpaired) electrons. The summed E-state index contributed by atoms with van der Waals surface area (Å²) in [5, 5.41) is 8.08. The van der Waals surface area contributed by atoms with E-state index < -0.39 is 0 Å². The van der Waals surface area contributed by atoms with Gasteiger partial charge in [-0.3, -0.25) is 9.78 Å². The highest BCUT2D eigenvalue weighted by Crippen LogP contribution is 2.30. The maximum absolute atomic E-state index is 13.0. The first-order valence-corrected chi connectivity index (χ1v) is 10.8. The van der Waals surface area contributed by atoms with Crippen molar-refractivity contribution < 1.29 is 14.3 Å². The lowest BCUT2D eigenvalue weighted by molar-refractivity contribution is 0.102. The molecule has 0 aliphatic rings. The number of ether oxygens (including phenoxy) is 2. The third-order valence-electron chi connectivity index (χ3n) is 4.85. The number of carbonyl (C=O) groups excluding carboxylic acids is 1. The third-order valence-corrected chi connectivity index (χ3v) is 5.71. The Bertz CT molecular complexity index is 1260. The molecule has 0 aliphatic heterocycles. The fourth-order valence-electron chi connectivity index (χ4n) is 3.16. The lowest BCUT2D eigenvalue weighted by Crippen LogP contribution is -2.16. The van der Waals surface area contributed by atoms with Crippen LogP contribution >= 0.6 is 23.2 Å². The summed E-state index contributed by atoms with van der Waals surface area (Å²) < 4.78 is 12.9. The van der Waals surface area contributed by atoms with Crippen LogP contribution in [0.2, 0.25) is 10.0 Å². The van der Waals surface area contributed by atoms with E-state index in [1.807, 2.05) is 24.3 Å². The Hall–Kier alpha value is -3.55. The molecule has 2 heterocycles. The van der Waals surface area contributed by atoms with Crippen molar-refractivity contribution in [3.05, 3.63) is 99.9 Å². The quantitative estimate of drug-likeness (QED) is 0.360. The van der Waals surface area contributed by atoms with Gasteiger partial charge in [0.25, 0.3) is 5.91 Å². The minimum atomic E-state index is -0.317. The zero-order chi connectivity index (χ0) is 23.2. The summed E-state index contributed by atoms with van der Waals surface area (Å²) in [6, 6.07) is 15.8. The highest BCUT2D eigenvalue weighted by atomic mass is 35.5. The first kappa shape index (κ1) is 22.6. The zero-order valence-corrected chi connectivity index (χ0v) is 19.2. The van der Waals surface area contributed by atoms with Crippen molar-refractivity contribution in [3.8, 4) is 11.5 Å². The van der Waals surface area contributed by atoms with E-state index in [2.05, 4.69) is 15.4 Å². The van der Waals surface area contributed by atoms with Crippen LogP contribution in [0.15, 0.2) is 73.2 Å². The number of methoxy groups -OCH3 is 1. The largest absolute Gasteiger partial charge is 0.493 e. The summed E-state index contributed by atoms with van der Waals surface area (Å²) >= 11 is 12.4. The second-order valence-corrected chi connectivity index (χ2v) is 7.84. The normalized spacial score (nSPS) is 10.6. The summed E-state index contributed by atoms with van der Waals surface area (Å²) in [7, 11) is 1.55. The van der Waals surface area contributed by atoms with Gasteiger partial charge in [0.2, 0.25) is 0 Å². The predicted molar refractivity (Wildman–Crippen MR) is 127 cm³/mol. The van der Waals surface area contributed by atoms with Gasteiger partial charge in [-0.05, 0) is 35.9 Å². The van der Waals surface area contributed by atoms with Gasteiger partial charge in [-0.2, -0.15) is 5.10 Å². The van der Waals surface area contributed by atoms with E-state index in [9.17, 15) is 4.79 Å². The molecule has 0 unspecified atom stereocenters. The van der Waals surface area contributed by atoms with Crippen LogP contribution in [0.25, 0.3) is 0 Å². The summed E-state index contributed by atoms with van der Waals surface area (Å²) in [6.45, 7) is 0.645. The van der Waals surface area contributed by atoms with Crippen LogP contribution < -0.4 is 14.8 Å². The molecule has 4 aromatic rings. The highest BCUT2D eigenvalue weighted by molar-refractivity contribution is 6.42. The molecule has 0 fully saturated rings. The SMILES string of the molecule is COc1ccc(C(=O)Nc2ccnn2Cc2cccc(Cl)c2Cl)cc1OCc1cccnc1. The first-order chi connectivity index (χ1) is 16.0. The van der Waals surface area contributed by atoms with Gasteiger partial charge in [0, 0.05) is 29.6 Å². The van der Waals surface area contributed by atoms with Crippen LogP contribution in [0.5, 0.6) is 11.5 Å². The number of carbonyl (C=O) groups is 1. The maximum Gasteiger partial charge on any atom is 0.256 e. The molecule has 0 bridgehead atoms. The number of aromatic nitrogens is 3. The zero-order valence-electron chi connectivity index (χ0n) is 17.7. The van der Waals surface area contributed by atoms with Crippen molar-refractivity contribution in [1.82, 2.24) is 14.8 Å². The molecule has 7 nitrogen and oxygen atoms in total. The van der Waals surface area contributed by atoms with Crippen LogP contribution in [0.4, 0.5) is 5.82 Å². The van der Waals surface area contributed by atoms with Crippen LogP contribution in [0, 0.1) is 0 Å². The molecule has 0 aliphatic carbocycles. The number of nitrogens with one attached hydrogen (secondary N) is 1. The minimum absolute atomic E-state index is 0.294. The fourth-order valence-corrected chi connectivity index (χ4v) is 3.54. The second-order valence-electron chi connectivity index (χ2n) is 7.06. The van der Waals surface area contributed by atoms with Gasteiger partial charge < -0.3 is 14.8 Å². The topological polar surface area (TPSA) is 78.3 Å². The number of halogens is 2. The monoisotopic (exact) mass is 482 g/mol. The van der Waals surface area contributed by atoms with E-state index in [0.717, 1.165) is 11.1 Å². The smallest absolute Gasteiger partial charge is 0.256 e. The van der Waals surface area contributed by atoms with E-state index in [-0.39, 0.29) is 5.91 Å². The molecule has 2 aromatic heterocycles. The van der Waals surface area contributed by atoms with E-state index in [1.54, 1.807) is 60.7 Å². The van der Waals surface area contributed by atoms with Gasteiger partial charge >= 0.3 is 0 Å². The maximum atomic E-state index is 13.0. The van der Waals surface area contributed by atoms with Gasteiger partial charge in [-0.1, -0.05) is 41.4 Å². The number of rotatable bonds is 8. The van der Waals surface area contributed by atoms with E-state index in [0.29, 0.717) is 46.1 Å². The lowest BCUT2D eigenvalue weighted by atomic mass is 10.2. The number of hydrogen-bond donors (Lipinski definition) is 1. The van der Waals surface area contributed by atoms with Crippen LogP contribution in [0.1, 0.15) is 21.5 Å². The summed E-state index contributed by atoms with van der Waals surface area (Å²) in [6.07, 6.45) is 5.01. The average Bonchev–Trinajstić information content (AvgIpc) is 3.27. The predicted octanol–water partition coefficient (Wildman–Crippen LogP) is 5.47. The molecule has 0 saturated carbocycles.